The Hall–Kier alpha value is -2.82. The molecule has 0 aliphatic heterocycles. The molecule has 0 radical (unpaired) electrons. The Morgan fingerprint density at radius 1 is 1.27 bits per heavy atom. The lowest BCUT2D eigenvalue weighted by Crippen LogP contribution is -2.45. The topological polar surface area (TPSA) is 151 Å². The van der Waals surface area contributed by atoms with Crippen molar-refractivity contribution in [1.82, 2.24) is 9.62 Å². The van der Waals surface area contributed by atoms with Crippen LogP contribution in [0.4, 0.5) is 4.79 Å². The summed E-state index contributed by atoms with van der Waals surface area (Å²) >= 11 is 0. The number of carbonyl (C=O) groups excluding carboxylic acids is 1. The summed E-state index contributed by atoms with van der Waals surface area (Å²) in [5, 5.41) is 9.40. The highest BCUT2D eigenvalue weighted by atomic mass is 32.2. The lowest BCUT2D eigenvalue weighted by Gasteiger charge is -2.28. The molecular formula is C19H30N4O6S. The maximum Gasteiger partial charge on any atom is 0.410 e. The first-order chi connectivity index (χ1) is 13.7. The van der Waals surface area contributed by atoms with Crippen molar-refractivity contribution < 1.29 is 27.9 Å². The highest BCUT2D eigenvalue weighted by Gasteiger charge is 2.29. The van der Waals surface area contributed by atoms with Gasteiger partial charge in [-0.15, -0.1) is 0 Å². The van der Waals surface area contributed by atoms with Crippen LogP contribution in [-0.4, -0.2) is 61.7 Å². The third-order valence-electron chi connectivity index (χ3n) is 3.92. The number of nitrogens with two attached hydrogens (primary N) is 1. The van der Waals surface area contributed by atoms with Crippen molar-refractivity contribution in [3.63, 3.8) is 0 Å². The molecule has 0 fully saturated rings. The van der Waals surface area contributed by atoms with Gasteiger partial charge in [-0.05, 0) is 52.7 Å². The molecule has 0 saturated carbocycles. The van der Waals surface area contributed by atoms with E-state index in [1.165, 1.54) is 19.2 Å². The average Bonchev–Trinajstić information content (AvgIpc) is 2.59. The van der Waals surface area contributed by atoms with E-state index in [0.29, 0.717) is 0 Å². The first-order valence-corrected chi connectivity index (χ1v) is 10.8. The number of hydrogen-bond donors (Lipinski definition) is 3. The second kappa shape index (κ2) is 10.3. The molecule has 11 heteroatoms. The van der Waals surface area contributed by atoms with Gasteiger partial charge in [-0.3, -0.25) is 9.89 Å². The second-order valence-corrected chi connectivity index (χ2v) is 9.46. The van der Waals surface area contributed by atoms with E-state index in [4.69, 9.17) is 10.5 Å². The van der Waals surface area contributed by atoms with Gasteiger partial charge in [0.05, 0.1) is 4.90 Å². The Balaban J connectivity index is 2.65. The van der Waals surface area contributed by atoms with Gasteiger partial charge in [0.25, 0.3) is 10.0 Å². The maximum atomic E-state index is 12.3. The SMILES string of the molecule is Cc1ccc(S(=O)(=O)NC(N)=NCCC[C@@H](C(=O)O)N(C)C(=O)OC(C)(C)C)cc1. The van der Waals surface area contributed by atoms with Gasteiger partial charge in [-0.1, -0.05) is 17.7 Å². The molecule has 10 nitrogen and oxygen atoms in total. The molecule has 1 atom stereocenters. The fraction of sp³-hybridized carbons (Fsp3) is 0.526. The zero-order chi connectivity index (χ0) is 23.1. The predicted molar refractivity (Wildman–Crippen MR) is 113 cm³/mol. The molecular weight excluding hydrogens is 412 g/mol. The number of ether oxygens (including phenoxy) is 1. The monoisotopic (exact) mass is 442 g/mol. The Morgan fingerprint density at radius 3 is 2.33 bits per heavy atom. The second-order valence-electron chi connectivity index (χ2n) is 7.77. The Kier molecular flexibility index (Phi) is 8.64. The minimum atomic E-state index is -3.85. The molecule has 1 aromatic carbocycles. The fourth-order valence-corrected chi connectivity index (χ4v) is 3.33. The zero-order valence-electron chi connectivity index (χ0n) is 17.9. The number of rotatable bonds is 8. The standard InChI is InChI=1S/C19H30N4O6S/c1-13-8-10-14(11-9-13)30(27,28)22-17(20)21-12-6-7-15(16(24)25)23(5)18(26)29-19(2,3)4/h8-11,15H,6-7,12H2,1-5H3,(H,24,25)(H3,20,21,22)/t15-/m0/s1. The number of likely N-dealkylation sites (N-methyl/N-ethyl adjacent to an activating group) is 1. The summed E-state index contributed by atoms with van der Waals surface area (Å²) in [6, 6.07) is 5.12. The summed E-state index contributed by atoms with van der Waals surface area (Å²) < 4.78 is 31.9. The third kappa shape index (κ3) is 8.27. The van der Waals surface area contributed by atoms with Gasteiger partial charge in [-0.2, -0.15) is 0 Å². The van der Waals surface area contributed by atoms with Gasteiger partial charge in [-0.25, -0.2) is 22.7 Å². The molecule has 1 aromatic rings. The molecule has 0 heterocycles. The average molecular weight is 443 g/mol. The van der Waals surface area contributed by atoms with Crippen molar-refractivity contribution in [3.8, 4) is 0 Å². The number of aliphatic carboxylic acids is 1. The van der Waals surface area contributed by atoms with Crippen LogP contribution in [0.2, 0.25) is 0 Å². The van der Waals surface area contributed by atoms with E-state index in [2.05, 4.69) is 9.71 Å². The number of guanidine groups is 1. The van der Waals surface area contributed by atoms with Gasteiger partial charge in [0, 0.05) is 13.6 Å². The number of aliphatic imine (C=N–C) groups is 1. The quantitative estimate of drug-likeness (QED) is 0.315. The normalized spacial score (nSPS) is 13.4. The van der Waals surface area contributed by atoms with E-state index in [9.17, 15) is 23.1 Å². The van der Waals surface area contributed by atoms with Crippen LogP contribution in [-0.2, 0) is 19.6 Å². The van der Waals surface area contributed by atoms with E-state index in [0.717, 1.165) is 10.5 Å². The number of amides is 1. The molecule has 0 aromatic heterocycles. The lowest BCUT2D eigenvalue weighted by atomic mass is 10.1. The highest BCUT2D eigenvalue weighted by molar-refractivity contribution is 7.90. The molecule has 1 rings (SSSR count). The number of carbonyl (C=O) groups is 2. The number of nitrogens with zero attached hydrogens (tertiary/aromatic N) is 2. The Bertz CT molecular complexity index is 875. The van der Waals surface area contributed by atoms with Crippen molar-refractivity contribution in [2.45, 2.75) is 57.1 Å². The van der Waals surface area contributed by atoms with Gasteiger partial charge in [0.2, 0.25) is 5.96 Å². The van der Waals surface area contributed by atoms with E-state index < -0.39 is 33.7 Å². The summed E-state index contributed by atoms with van der Waals surface area (Å²) in [7, 11) is -2.51. The van der Waals surface area contributed by atoms with Gasteiger partial charge in [0.1, 0.15) is 11.6 Å². The van der Waals surface area contributed by atoms with Crippen LogP contribution in [0.15, 0.2) is 34.2 Å². The predicted octanol–water partition coefficient (Wildman–Crippen LogP) is 1.69. The van der Waals surface area contributed by atoms with E-state index in [1.54, 1.807) is 32.9 Å². The van der Waals surface area contributed by atoms with Crippen LogP contribution in [0.1, 0.15) is 39.2 Å². The number of aryl methyl sites for hydroxylation is 1. The van der Waals surface area contributed by atoms with E-state index >= 15 is 0 Å². The van der Waals surface area contributed by atoms with Gasteiger partial charge < -0.3 is 15.6 Å². The molecule has 1 amide bonds. The number of nitrogens with one attached hydrogen (secondary N) is 1. The summed E-state index contributed by atoms with van der Waals surface area (Å²) in [5.41, 5.74) is 5.81. The zero-order valence-corrected chi connectivity index (χ0v) is 18.7. The Morgan fingerprint density at radius 2 is 1.83 bits per heavy atom. The number of sulfonamides is 1. The molecule has 0 aliphatic rings. The summed E-state index contributed by atoms with van der Waals surface area (Å²) in [6.45, 7) is 6.97. The van der Waals surface area contributed by atoms with Crippen molar-refractivity contribution in [2.75, 3.05) is 13.6 Å². The first kappa shape index (κ1) is 25.2. The van der Waals surface area contributed by atoms with Crippen LogP contribution in [0.25, 0.3) is 0 Å². The van der Waals surface area contributed by atoms with E-state index in [1.807, 2.05) is 6.92 Å². The van der Waals surface area contributed by atoms with Gasteiger partial charge in [0.15, 0.2) is 0 Å². The number of carboxylic acid groups (broad SMARTS) is 1. The van der Waals surface area contributed by atoms with Crippen LogP contribution < -0.4 is 10.5 Å². The molecule has 0 bridgehead atoms. The summed E-state index contributed by atoms with van der Waals surface area (Å²) in [4.78, 5) is 28.6. The van der Waals surface area contributed by atoms with Crippen molar-refractivity contribution in [1.29, 1.82) is 0 Å². The summed E-state index contributed by atoms with van der Waals surface area (Å²) in [6.07, 6.45) is -0.396. The van der Waals surface area contributed by atoms with Crippen LogP contribution >= 0.6 is 0 Å². The summed E-state index contributed by atoms with van der Waals surface area (Å²) in [5.74, 6) is -1.48. The van der Waals surface area contributed by atoms with Crippen molar-refractivity contribution in [2.24, 2.45) is 10.7 Å². The minimum Gasteiger partial charge on any atom is -0.480 e. The Labute approximate surface area is 177 Å². The molecule has 168 valence electrons. The smallest absolute Gasteiger partial charge is 0.410 e. The number of benzene rings is 1. The number of hydrogen-bond acceptors (Lipinski definition) is 6. The largest absolute Gasteiger partial charge is 0.480 e. The van der Waals surface area contributed by atoms with Crippen molar-refractivity contribution in [3.05, 3.63) is 29.8 Å². The van der Waals surface area contributed by atoms with Crippen LogP contribution in [0, 0.1) is 6.92 Å². The molecule has 30 heavy (non-hydrogen) atoms. The lowest BCUT2D eigenvalue weighted by molar-refractivity contribution is -0.142. The first-order valence-electron chi connectivity index (χ1n) is 9.31. The van der Waals surface area contributed by atoms with E-state index in [-0.39, 0.29) is 30.2 Å². The van der Waals surface area contributed by atoms with Crippen LogP contribution in [0.5, 0.6) is 0 Å². The van der Waals surface area contributed by atoms with Gasteiger partial charge >= 0.3 is 12.1 Å². The highest BCUT2D eigenvalue weighted by Crippen LogP contribution is 2.14. The molecule has 0 saturated heterocycles. The molecule has 0 aliphatic carbocycles. The molecule has 0 spiro atoms. The van der Waals surface area contributed by atoms with Crippen molar-refractivity contribution >= 4 is 28.0 Å². The van der Waals surface area contributed by atoms with Crippen LogP contribution in [0.3, 0.4) is 0 Å². The maximum absolute atomic E-state index is 12.3. The molecule has 0 unspecified atom stereocenters. The third-order valence-corrected chi connectivity index (χ3v) is 5.29. The minimum absolute atomic E-state index is 0.0520. The fourth-order valence-electron chi connectivity index (χ4n) is 2.37. The number of carboxylic acids is 1. The molecule has 4 N–H and O–H groups in total.